The maximum Gasteiger partial charge on any atom is 0.228 e. The number of benzene rings is 2. The molecule has 3 rings (SSSR count). The monoisotopic (exact) mass is 366 g/mol. The minimum Gasteiger partial charge on any atom is -0.491 e. The number of anilines is 1. The Morgan fingerprint density at radius 1 is 1.15 bits per heavy atom. The molecule has 0 saturated heterocycles. The molecule has 7 heteroatoms. The van der Waals surface area contributed by atoms with Crippen molar-refractivity contribution in [3.8, 4) is 17.1 Å². The zero-order valence-corrected chi connectivity index (χ0v) is 15.4. The SMILES string of the molecule is COCCOc1ccc(CC(=O)Nc2cccc(-c3n[nH]c(C)n3)c2)cc1. The van der Waals surface area contributed by atoms with Crippen LogP contribution in [0.5, 0.6) is 5.75 Å². The van der Waals surface area contributed by atoms with Gasteiger partial charge >= 0.3 is 0 Å². The third-order valence-corrected chi connectivity index (χ3v) is 3.85. The van der Waals surface area contributed by atoms with Crippen LogP contribution in [0.1, 0.15) is 11.4 Å². The van der Waals surface area contributed by atoms with Crippen molar-refractivity contribution in [1.29, 1.82) is 0 Å². The molecule has 0 atom stereocenters. The van der Waals surface area contributed by atoms with E-state index in [-0.39, 0.29) is 12.3 Å². The van der Waals surface area contributed by atoms with Crippen LogP contribution in [0, 0.1) is 6.92 Å². The van der Waals surface area contributed by atoms with Gasteiger partial charge in [-0.3, -0.25) is 9.89 Å². The first-order valence-electron chi connectivity index (χ1n) is 8.64. The van der Waals surface area contributed by atoms with Gasteiger partial charge in [0, 0.05) is 18.4 Å². The van der Waals surface area contributed by atoms with Crippen LogP contribution >= 0.6 is 0 Å². The fourth-order valence-electron chi connectivity index (χ4n) is 2.54. The number of ether oxygens (including phenoxy) is 2. The van der Waals surface area contributed by atoms with Gasteiger partial charge in [-0.05, 0) is 36.8 Å². The maximum absolute atomic E-state index is 12.3. The maximum atomic E-state index is 12.3. The summed E-state index contributed by atoms with van der Waals surface area (Å²) in [6, 6.07) is 14.9. The fourth-order valence-corrected chi connectivity index (χ4v) is 2.54. The van der Waals surface area contributed by atoms with Crippen molar-refractivity contribution >= 4 is 11.6 Å². The molecule has 3 aromatic rings. The predicted molar refractivity (Wildman–Crippen MR) is 103 cm³/mol. The predicted octanol–water partition coefficient (Wildman–Crippen LogP) is 2.99. The lowest BCUT2D eigenvalue weighted by Gasteiger charge is -2.08. The van der Waals surface area contributed by atoms with Crippen molar-refractivity contribution in [3.05, 3.63) is 59.9 Å². The van der Waals surface area contributed by atoms with E-state index in [1.165, 1.54) is 0 Å². The highest BCUT2D eigenvalue weighted by Gasteiger charge is 2.08. The van der Waals surface area contributed by atoms with Crippen LogP contribution in [0.2, 0.25) is 0 Å². The number of carbonyl (C=O) groups is 1. The minimum atomic E-state index is -0.0913. The molecule has 140 valence electrons. The van der Waals surface area contributed by atoms with Crippen LogP contribution in [0.25, 0.3) is 11.4 Å². The molecule has 0 bridgehead atoms. The van der Waals surface area contributed by atoms with Crippen molar-refractivity contribution < 1.29 is 14.3 Å². The number of aryl methyl sites for hydroxylation is 1. The van der Waals surface area contributed by atoms with Crippen LogP contribution in [0.15, 0.2) is 48.5 Å². The van der Waals surface area contributed by atoms with E-state index in [0.717, 1.165) is 22.7 Å². The Hall–Kier alpha value is -3.19. The highest BCUT2D eigenvalue weighted by Crippen LogP contribution is 2.20. The Balaban J connectivity index is 1.57. The fraction of sp³-hybridized carbons (Fsp3) is 0.250. The average Bonchev–Trinajstić information content (AvgIpc) is 3.10. The van der Waals surface area contributed by atoms with Crippen molar-refractivity contribution in [2.75, 3.05) is 25.6 Å². The topological polar surface area (TPSA) is 89.1 Å². The van der Waals surface area contributed by atoms with Crippen LogP contribution in [0.4, 0.5) is 5.69 Å². The second-order valence-electron chi connectivity index (χ2n) is 6.04. The van der Waals surface area contributed by atoms with Crippen molar-refractivity contribution in [2.24, 2.45) is 0 Å². The first-order valence-corrected chi connectivity index (χ1v) is 8.64. The minimum absolute atomic E-state index is 0.0913. The van der Waals surface area contributed by atoms with Gasteiger partial charge in [-0.15, -0.1) is 0 Å². The molecule has 0 radical (unpaired) electrons. The van der Waals surface area contributed by atoms with Gasteiger partial charge in [0.15, 0.2) is 5.82 Å². The zero-order valence-electron chi connectivity index (χ0n) is 15.4. The summed E-state index contributed by atoms with van der Waals surface area (Å²) in [5.74, 6) is 2.01. The van der Waals surface area contributed by atoms with E-state index in [9.17, 15) is 4.79 Å². The molecule has 0 aliphatic heterocycles. The summed E-state index contributed by atoms with van der Waals surface area (Å²) in [6.45, 7) is 2.88. The normalized spacial score (nSPS) is 10.6. The lowest BCUT2D eigenvalue weighted by molar-refractivity contribution is -0.115. The van der Waals surface area contributed by atoms with Gasteiger partial charge in [-0.2, -0.15) is 5.10 Å². The summed E-state index contributed by atoms with van der Waals surface area (Å²) in [5.41, 5.74) is 2.46. The van der Waals surface area contributed by atoms with Crippen molar-refractivity contribution in [1.82, 2.24) is 15.2 Å². The quantitative estimate of drug-likeness (QED) is 0.598. The third-order valence-electron chi connectivity index (χ3n) is 3.85. The highest BCUT2D eigenvalue weighted by molar-refractivity contribution is 5.92. The van der Waals surface area contributed by atoms with Crippen molar-refractivity contribution in [3.63, 3.8) is 0 Å². The van der Waals surface area contributed by atoms with E-state index < -0.39 is 0 Å². The lowest BCUT2D eigenvalue weighted by atomic mass is 10.1. The van der Waals surface area contributed by atoms with E-state index in [4.69, 9.17) is 9.47 Å². The number of carbonyl (C=O) groups excluding carboxylic acids is 1. The Kier molecular flexibility index (Phi) is 6.17. The molecule has 1 aromatic heterocycles. The van der Waals surface area contributed by atoms with Crippen molar-refractivity contribution in [2.45, 2.75) is 13.3 Å². The standard InChI is InChI=1S/C20H22N4O3/c1-14-21-20(24-23-14)16-4-3-5-17(13-16)22-19(25)12-15-6-8-18(9-7-15)27-11-10-26-2/h3-9,13H,10-12H2,1-2H3,(H,22,25)(H,21,23,24). The second-order valence-corrected chi connectivity index (χ2v) is 6.04. The number of aromatic nitrogens is 3. The number of hydrogen-bond acceptors (Lipinski definition) is 5. The first kappa shape index (κ1) is 18.6. The molecule has 27 heavy (non-hydrogen) atoms. The molecule has 0 aliphatic carbocycles. The largest absolute Gasteiger partial charge is 0.491 e. The van der Waals surface area contributed by atoms with Gasteiger partial charge in [-0.25, -0.2) is 4.98 Å². The van der Waals surface area contributed by atoms with Gasteiger partial charge in [0.05, 0.1) is 13.0 Å². The van der Waals surface area contributed by atoms with E-state index in [1.54, 1.807) is 7.11 Å². The second kappa shape index (κ2) is 8.95. The smallest absolute Gasteiger partial charge is 0.228 e. The summed E-state index contributed by atoms with van der Waals surface area (Å²) in [5, 5.41) is 9.87. The molecule has 0 unspecified atom stereocenters. The molecule has 0 saturated carbocycles. The van der Waals surface area contributed by atoms with Crippen LogP contribution in [-0.2, 0) is 16.0 Å². The Morgan fingerprint density at radius 3 is 2.67 bits per heavy atom. The molecular weight excluding hydrogens is 344 g/mol. The lowest BCUT2D eigenvalue weighted by Crippen LogP contribution is -2.14. The molecular formula is C20H22N4O3. The number of hydrogen-bond donors (Lipinski definition) is 2. The number of nitrogens with one attached hydrogen (secondary N) is 2. The molecule has 0 fully saturated rings. The van der Waals surface area contributed by atoms with E-state index in [0.29, 0.717) is 24.7 Å². The first-order chi connectivity index (χ1) is 13.1. The molecule has 7 nitrogen and oxygen atoms in total. The number of nitrogens with zero attached hydrogens (tertiary/aromatic N) is 2. The zero-order chi connectivity index (χ0) is 19.1. The molecule has 1 amide bonds. The Morgan fingerprint density at radius 2 is 1.96 bits per heavy atom. The summed E-state index contributed by atoms with van der Waals surface area (Å²) >= 11 is 0. The summed E-state index contributed by atoms with van der Waals surface area (Å²) in [4.78, 5) is 16.6. The third kappa shape index (κ3) is 5.39. The Labute approximate surface area is 157 Å². The van der Waals surface area contributed by atoms with E-state index in [2.05, 4.69) is 20.5 Å². The average molecular weight is 366 g/mol. The van der Waals surface area contributed by atoms with Crippen LogP contribution in [-0.4, -0.2) is 41.4 Å². The van der Waals surface area contributed by atoms with E-state index in [1.807, 2.05) is 55.5 Å². The molecule has 0 spiro atoms. The number of H-pyrrole nitrogens is 1. The molecule has 1 heterocycles. The van der Waals surface area contributed by atoms with E-state index >= 15 is 0 Å². The van der Waals surface area contributed by atoms with Gasteiger partial charge in [-0.1, -0.05) is 24.3 Å². The summed E-state index contributed by atoms with van der Waals surface area (Å²) in [7, 11) is 1.63. The Bertz CT molecular complexity index is 890. The molecule has 0 aliphatic rings. The van der Waals surface area contributed by atoms with Gasteiger partial charge < -0.3 is 14.8 Å². The number of rotatable bonds is 8. The van der Waals surface area contributed by atoms with Gasteiger partial charge in [0.1, 0.15) is 18.2 Å². The van der Waals surface area contributed by atoms with Crippen LogP contribution < -0.4 is 10.1 Å². The summed E-state index contributed by atoms with van der Waals surface area (Å²) < 4.78 is 10.5. The van der Waals surface area contributed by atoms with Crippen LogP contribution in [0.3, 0.4) is 0 Å². The summed E-state index contributed by atoms with van der Waals surface area (Å²) in [6.07, 6.45) is 0.280. The number of methoxy groups -OCH3 is 1. The number of amides is 1. The number of aromatic amines is 1. The van der Waals surface area contributed by atoms with Gasteiger partial charge in [0.25, 0.3) is 0 Å². The van der Waals surface area contributed by atoms with Gasteiger partial charge in [0.2, 0.25) is 5.91 Å². The molecule has 2 N–H and O–H groups in total. The highest BCUT2D eigenvalue weighted by atomic mass is 16.5. The molecule has 2 aromatic carbocycles.